The quantitative estimate of drug-likeness (QED) is 0.754. The molecule has 0 saturated carbocycles. The van der Waals surface area contributed by atoms with Crippen LogP contribution in [0, 0.1) is 5.92 Å². The summed E-state index contributed by atoms with van der Waals surface area (Å²) >= 11 is 7.86. The number of thioether (sulfide) groups is 1. The molecule has 2 fully saturated rings. The lowest BCUT2D eigenvalue weighted by atomic mass is 9.89. The van der Waals surface area contributed by atoms with E-state index in [2.05, 4.69) is 24.5 Å². The van der Waals surface area contributed by atoms with Crippen LogP contribution in [-0.2, 0) is 4.79 Å². The minimum atomic E-state index is 0.115. The Morgan fingerprint density at radius 3 is 2.70 bits per heavy atom. The number of fused-ring (bicyclic) bond motifs is 2. The van der Waals surface area contributed by atoms with Crippen LogP contribution < -0.4 is 10.6 Å². The number of amides is 1. The highest BCUT2D eigenvalue weighted by molar-refractivity contribution is 8.00. The maximum atomic E-state index is 12.5. The van der Waals surface area contributed by atoms with Crippen LogP contribution in [0.25, 0.3) is 0 Å². The van der Waals surface area contributed by atoms with E-state index in [0.717, 1.165) is 23.4 Å². The predicted molar refractivity (Wildman–Crippen MR) is 98.4 cm³/mol. The fourth-order valence-corrected chi connectivity index (χ4v) is 4.83. The average molecular weight is 353 g/mol. The molecule has 1 aromatic rings. The molecule has 2 bridgehead atoms. The zero-order valence-corrected chi connectivity index (χ0v) is 15.3. The van der Waals surface area contributed by atoms with Gasteiger partial charge >= 0.3 is 0 Å². The second kappa shape index (κ2) is 7.45. The third kappa shape index (κ3) is 4.65. The number of nitrogens with one attached hydrogen (secondary N) is 2. The minimum absolute atomic E-state index is 0.115. The molecule has 0 radical (unpaired) electrons. The van der Waals surface area contributed by atoms with Crippen molar-refractivity contribution >= 4 is 35.0 Å². The van der Waals surface area contributed by atoms with Crippen LogP contribution in [0.15, 0.2) is 23.1 Å². The Morgan fingerprint density at radius 1 is 1.35 bits per heavy atom. The molecule has 2 heterocycles. The molecule has 3 rings (SSSR count). The number of carbonyl (C=O) groups excluding carboxylic acids is 1. The van der Waals surface area contributed by atoms with Crippen LogP contribution >= 0.6 is 23.4 Å². The van der Waals surface area contributed by atoms with Gasteiger partial charge < -0.3 is 10.6 Å². The van der Waals surface area contributed by atoms with E-state index in [9.17, 15) is 4.79 Å². The molecule has 0 aromatic heterocycles. The lowest BCUT2D eigenvalue weighted by Gasteiger charge is -2.28. The molecule has 2 saturated heterocycles. The van der Waals surface area contributed by atoms with E-state index in [4.69, 9.17) is 11.6 Å². The van der Waals surface area contributed by atoms with Gasteiger partial charge in [0, 0.05) is 33.7 Å². The molecule has 2 unspecified atom stereocenters. The van der Waals surface area contributed by atoms with Gasteiger partial charge in [-0.3, -0.25) is 4.79 Å². The summed E-state index contributed by atoms with van der Waals surface area (Å²) in [7, 11) is 0. The van der Waals surface area contributed by atoms with Crippen LogP contribution in [0.1, 0.15) is 46.0 Å². The second-order valence-electron chi connectivity index (χ2n) is 7.03. The first kappa shape index (κ1) is 17.1. The fourth-order valence-electron chi connectivity index (χ4n) is 3.76. The summed E-state index contributed by atoms with van der Waals surface area (Å²) in [6.45, 7) is 4.30. The lowest BCUT2D eigenvalue weighted by Crippen LogP contribution is -2.39. The summed E-state index contributed by atoms with van der Waals surface area (Å²) in [5.74, 6) is 0.623. The topological polar surface area (TPSA) is 41.1 Å². The third-order valence-electron chi connectivity index (χ3n) is 4.62. The van der Waals surface area contributed by atoms with Crippen molar-refractivity contribution in [3.8, 4) is 0 Å². The van der Waals surface area contributed by atoms with Gasteiger partial charge in [0.25, 0.3) is 0 Å². The summed E-state index contributed by atoms with van der Waals surface area (Å²) in [5, 5.41) is 7.84. The summed E-state index contributed by atoms with van der Waals surface area (Å²) < 4.78 is 0. The zero-order valence-electron chi connectivity index (χ0n) is 13.8. The first-order valence-corrected chi connectivity index (χ1v) is 9.77. The number of hydrogen-bond acceptors (Lipinski definition) is 3. The molecule has 126 valence electrons. The van der Waals surface area contributed by atoms with Gasteiger partial charge in [0.15, 0.2) is 0 Å². The van der Waals surface area contributed by atoms with Gasteiger partial charge in [0.1, 0.15) is 0 Å². The largest absolute Gasteiger partial charge is 0.325 e. The van der Waals surface area contributed by atoms with Gasteiger partial charge in [-0.25, -0.2) is 0 Å². The number of benzene rings is 1. The van der Waals surface area contributed by atoms with E-state index < -0.39 is 0 Å². The highest BCUT2D eigenvalue weighted by atomic mass is 35.5. The van der Waals surface area contributed by atoms with Gasteiger partial charge in [0.05, 0.1) is 5.69 Å². The molecular formula is C18H25ClN2OS. The van der Waals surface area contributed by atoms with Crippen molar-refractivity contribution in [2.45, 2.75) is 68.2 Å². The van der Waals surface area contributed by atoms with Crippen molar-refractivity contribution in [2.24, 2.45) is 5.92 Å². The van der Waals surface area contributed by atoms with Crippen molar-refractivity contribution in [1.29, 1.82) is 0 Å². The van der Waals surface area contributed by atoms with Crippen LogP contribution in [0.2, 0.25) is 5.02 Å². The molecule has 2 aliphatic heterocycles. The molecule has 2 N–H and O–H groups in total. The molecule has 1 aromatic carbocycles. The number of piperidine rings is 1. The molecule has 3 nitrogen and oxygen atoms in total. The Bertz CT molecular complexity index is 566. The maximum absolute atomic E-state index is 12.5. The Labute approximate surface area is 147 Å². The van der Waals surface area contributed by atoms with Crippen LogP contribution in [0.3, 0.4) is 0 Å². The Hall–Kier alpha value is -0.710. The Morgan fingerprint density at radius 2 is 2.04 bits per heavy atom. The van der Waals surface area contributed by atoms with Gasteiger partial charge in [-0.2, -0.15) is 0 Å². The highest BCUT2D eigenvalue weighted by Gasteiger charge is 2.34. The molecule has 1 amide bonds. The van der Waals surface area contributed by atoms with E-state index in [1.807, 2.05) is 18.2 Å². The van der Waals surface area contributed by atoms with E-state index in [-0.39, 0.29) is 5.91 Å². The first-order valence-electron chi connectivity index (χ1n) is 8.51. The van der Waals surface area contributed by atoms with E-state index in [0.29, 0.717) is 34.7 Å². The fraction of sp³-hybridized carbons (Fsp3) is 0.611. The normalized spacial score (nSPS) is 26.5. The minimum Gasteiger partial charge on any atom is -0.325 e. The monoisotopic (exact) mass is 352 g/mol. The number of anilines is 1. The van der Waals surface area contributed by atoms with Gasteiger partial charge in [-0.15, -0.1) is 11.8 Å². The first-order chi connectivity index (χ1) is 11.0. The van der Waals surface area contributed by atoms with Gasteiger partial charge in [0.2, 0.25) is 5.91 Å². The predicted octanol–water partition coefficient (Wildman–Crippen LogP) is 4.70. The molecule has 2 atom stereocenters. The number of carbonyl (C=O) groups is 1. The van der Waals surface area contributed by atoms with Crippen molar-refractivity contribution in [1.82, 2.24) is 5.32 Å². The average Bonchev–Trinajstić information content (AvgIpc) is 2.80. The molecule has 5 heteroatoms. The molecule has 2 aliphatic rings. The van der Waals surface area contributed by atoms with Gasteiger partial charge in [-0.1, -0.05) is 25.4 Å². The molecular weight excluding hydrogens is 328 g/mol. The highest BCUT2D eigenvalue weighted by Crippen LogP contribution is 2.35. The third-order valence-corrected chi connectivity index (χ3v) is 5.94. The van der Waals surface area contributed by atoms with E-state index >= 15 is 0 Å². The number of hydrogen-bond donors (Lipinski definition) is 2. The molecule has 0 spiro atoms. The lowest BCUT2D eigenvalue weighted by molar-refractivity contribution is -0.117. The van der Waals surface area contributed by atoms with E-state index in [1.54, 1.807) is 11.8 Å². The zero-order chi connectivity index (χ0) is 16.4. The SMILES string of the molecule is CC(C)Sc1ccc(Cl)cc1NC(=O)CC1CC2CCC(C1)N2. The van der Waals surface area contributed by atoms with Gasteiger partial charge in [-0.05, 0) is 49.8 Å². The number of halogens is 1. The Balaban J connectivity index is 1.62. The van der Waals surface area contributed by atoms with Crippen molar-refractivity contribution < 1.29 is 4.79 Å². The maximum Gasteiger partial charge on any atom is 0.224 e. The van der Waals surface area contributed by atoms with Crippen LogP contribution in [0.5, 0.6) is 0 Å². The molecule has 0 aliphatic carbocycles. The summed E-state index contributed by atoms with van der Waals surface area (Å²) in [6.07, 6.45) is 5.42. The van der Waals surface area contributed by atoms with Crippen LogP contribution in [-0.4, -0.2) is 23.2 Å². The number of rotatable bonds is 5. The summed E-state index contributed by atoms with van der Waals surface area (Å²) in [4.78, 5) is 13.6. The summed E-state index contributed by atoms with van der Waals surface area (Å²) in [6, 6.07) is 6.99. The standard InChI is InChI=1S/C18H25ClN2OS/c1-11(2)23-17-6-3-13(19)10-16(17)21-18(22)9-12-7-14-4-5-15(8-12)20-14/h3,6,10-12,14-15,20H,4-5,7-9H2,1-2H3,(H,21,22). The smallest absolute Gasteiger partial charge is 0.224 e. The van der Waals surface area contributed by atoms with E-state index in [1.165, 1.54) is 12.8 Å². The van der Waals surface area contributed by atoms with Crippen molar-refractivity contribution in [2.75, 3.05) is 5.32 Å². The Kier molecular flexibility index (Phi) is 5.55. The van der Waals surface area contributed by atoms with Crippen molar-refractivity contribution in [3.63, 3.8) is 0 Å². The van der Waals surface area contributed by atoms with Crippen LogP contribution in [0.4, 0.5) is 5.69 Å². The van der Waals surface area contributed by atoms with Crippen molar-refractivity contribution in [3.05, 3.63) is 23.2 Å². The molecule has 23 heavy (non-hydrogen) atoms. The summed E-state index contributed by atoms with van der Waals surface area (Å²) in [5.41, 5.74) is 0.845. The second-order valence-corrected chi connectivity index (χ2v) is 9.09.